The molecular formula is C27H36. The number of benzene rings is 1. The molecule has 0 heteroatoms. The second-order valence-corrected chi connectivity index (χ2v) is 10.5. The van der Waals surface area contributed by atoms with Crippen molar-refractivity contribution in [3.05, 3.63) is 59.7 Å². The first kappa shape index (κ1) is 17.8. The van der Waals surface area contributed by atoms with Gasteiger partial charge in [-0.15, -0.1) is 0 Å². The van der Waals surface area contributed by atoms with Crippen molar-refractivity contribution >= 4 is 0 Å². The molecule has 0 nitrogen and oxygen atoms in total. The Labute approximate surface area is 166 Å². The first-order valence-electron chi connectivity index (χ1n) is 11.5. The smallest absolute Gasteiger partial charge is 0.00822 e. The maximum atomic E-state index is 2.67. The number of allylic oxidation sites excluding steroid dienone is 4. The molecule has 1 aromatic rings. The first-order valence-corrected chi connectivity index (χ1v) is 11.5. The number of hydrogen-bond acceptors (Lipinski definition) is 0. The number of hydrogen-bond donors (Lipinski definition) is 0. The highest BCUT2D eigenvalue weighted by Gasteiger charge is 2.57. The Hall–Kier alpha value is -1.30. The monoisotopic (exact) mass is 360 g/mol. The average molecular weight is 361 g/mol. The Bertz CT molecular complexity index is 741. The van der Waals surface area contributed by atoms with E-state index in [1.54, 1.807) is 5.57 Å². The Balaban J connectivity index is 1.34. The minimum absolute atomic E-state index is 0.490. The summed E-state index contributed by atoms with van der Waals surface area (Å²) in [5.74, 6) is 3.83. The average Bonchev–Trinajstić information content (AvgIpc) is 3.03. The van der Waals surface area contributed by atoms with Crippen LogP contribution in [0.1, 0.15) is 70.8 Å². The summed E-state index contributed by atoms with van der Waals surface area (Å²) in [7, 11) is 0. The Morgan fingerprint density at radius 2 is 1.74 bits per heavy atom. The fraction of sp³-hybridized carbons (Fsp3) is 0.630. The molecule has 0 amide bonds. The number of aryl methyl sites for hydroxylation is 1. The van der Waals surface area contributed by atoms with Gasteiger partial charge >= 0.3 is 0 Å². The van der Waals surface area contributed by atoms with Crippen LogP contribution in [0.25, 0.3) is 0 Å². The lowest BCUT2D eigenvalue weighted by Gasteiger charge is -2.59. The zero-order valence-electron chi connectivity index (χ0n) is 17.3. The van der Waals surface area contributed by atoms with Crippen molar-refractivity contribution in [3.8, 4) is 0 Å². The summed E-state index contributed by atoms with van der Waals surface area (Å²) in [5, 5.41) is 0. The summed E-state index contributed by atoms with van der Waals surface area (Å²) in [5.41, 5.74) is 4.38. The van der Waals surface area contributed by atoms with Crippen molar-refractivity contribution in [1.82, 2.24) is 0 Å². The zero-order valence-corrected chi connectivity index (χ0v) is 17.3. The third-order valence-corrected chi connectivity index (χ3v) is 9.48. The molecule has 0 N–H and O–H groups in total. The van der Waals surface area contributed by atoms with Crippen LogP contribution in [-0.4, -0.2) is 0 Å². The highest BCUT2D eigenvalue weighted by atomic mass is 14.6. The summed E-state index contributed by atoms with van der Waals surface area (Å²) in [6, 6.07) is 11.1. The van der Waals surface area contributed by atoms with Gasteiger partial charge in [0, 0.05) is 0 Å². The van der Waals surface area contributed by atoms with Gasteiger partial charge in [0.05, 0.1) is 0 Å². The van der Waals surface area contributed by atoms with Crippen LogP contribution in [0, 0.1) is 34.5 Å². The highest BCUT2D eigenvalue weighted by molar-refractivity contribution is 5.27. The van der Waals surface area contributed by atoms with Crippen LogP contribution in [0.15, 0.2) is 54.1 Å². The second kappa shape index (κ2) is 6.64. The van der Waals surface area contributed by atoms with Crippen molar-refractivity contribution in [1.29, 1.82) is 0 Å². The molecule has 144 valence electrons. The van der Waals surface area contributed by atoms with Crippen molar-refractivity contribution in [2.45, 2.75) is 71.6 Å². The molecule has 0 bridgehead atoms. The molecule has 2 saturated carbocycles. The molecule has 2 fully saturated rings. The summed E-state index contributed by atoms with van der Waals surface area (Å²) in [6.07, 6.45) is 20.1. The maximum Gasteiger partial charge on any atom is -0.00822 e. The van der Waals surface area contributed by atoms with Crippen molar-refractivity contribution in [2.24, 2.45) is 34.5 Å². The van der Waals surface area contributed by atoms with E-state index in [2.05, 4.69) is 62.4 Å². The molecule has 0 saturated heterocycles. The van der Waals surface area contributed by atoms with Crippen LogP contribution >= 0.6 is 0 Å². The van der Waals surface area contributed by atoms with Crippen LogP contribution in [0.5, 0.6) is 0 Å². The Kier molecular flexibility index (Phi) is 4.37. The molecule has 5 rings (SSSR count). The van der Waals surface area contributed by atoms with E-state index in [1.165, 1.54) is 63.4 Å². The molecule has 4 aliphatic carbocycles. The van der Waals surface area contributed by atoms with Gasteiger partial charge in [-0.2, -0.15) is 0 Å². The van der Waals surface area contributed by atoms with Gasteiger partial charge in [-0.05, 0) is 97.9 Å². The van der Waals surface area contributed by atoms with Crippen LogP contribution in [0.4, 0.5) is 0 Å². The van der Waals surface area contributed by atoms with Crippen LogP contribution in [-0.2, 0) is 6.42 Å². The summed E-state index contributed by atoms with van der Waals surface area (Å²) in [4.78, 5) is 0. The van der Waals surface area contributed by atoms with Gasteiger partial charge in [0.25, 0.3) is 0 Å². The molecule has 0 heterocycles. The Morgan fingerprint density at radius 1 is 0.889 bits per heavy atom. The lowest BCUT2D eigenvalue weighted by atomic mass is 9.45. The third-order valence-electron chi connectivity index (χ3n) is 9.48. The van der Waals surface area contributed by atoms with E-state index in [0.29, 0.717) is 10.8 Å². The van der Waals surface area contributed by atoms with E-state index in [9.17, 15) is 0 Å². The zero-order chi connectivity index (χ0) is 18.5. The standard InChI is InChI=1S/C27H36/c1-26-18-7-6-10-21(26)13-15-23-24-16-14-22(27(24,2)19-17-25(23)26)12-11-20-8-4-3-5-9-20/h3-9,14,21,23-25H,10-13,15-19H2,1-2H3/t21-,23+,24-,25-,26-,27+/m0/s1. The molecule has 0 spiro atoms. The molecule has 0 radical (unpaired) electrons. The van der Waals surface area contributed by atoms with E-state index in [0.717, 1.165) is 23.7 Å². The van der Waals surface area contributed by atoms with Gasteiger partial charge < -0.3 is 0 Å². The minimum atomic E-state index is 0.490. The van der Waals surface area contributed by atoms with Crippen molar-refractivity contribution < 1.29 is 0 Å². The highest BCUT2D eigenvalue weighted by Crippen LogP contribution is 2.66. The molecule has 1 aromatic carbocycles. The molecule has 6 atom stereocenters. The number of fused-ring (bicyclic) bond motifs is 5. The normalized spacial score (nSPS) is 42.8. The third kappa shape index (κ3) is 2.78. The van der Waals surface area contributed by atoms with Crippen LogP contribution < -0.4 is 0 Å². The first-order chi connectivity index (χ1) is 13.1. The van der Waals surface area contributed by atoms with E-state index in [1.807, 2.05) is 0 Å². The van der Waals surface area contributed by atoms with E-state index in [-0.39, 0.29) is 0 Å². The van der Waals surface area contributed by atoms with Gasteiger partial charge in [-0.25, -0.2) is 0 Å². The number of rotatable bonds is 3. The van der Waals surface area contributed by atoms with Gasteiger partial charge in [-0.3, -0.25) is 0 Å². The van der Waals surface area contributed by atoms with Crippen molar-refractivity contribution in [2.75, 3.05) is 0 Å². The largest absolute Gasteiger partial charge is 0.0882 e. The fourth-order valence-electron chi connectivity index (χ4n) is 7.81. The molecule has 4 aliphatic rings. The molecular weight excluding hydrogens is 324 g/mol. The van der Waals surface area contributed by atoms with E-state index >= 15 is 0 Å². The molecule has 27 heavy (non-hydrogen) atoms. The van der Waals surface area contributed by atoms with Crippen LogP contribution in [0.3, 0.4) is 0 Å². The fourth-order valence-corrected chi connectivity index (χ4v) is 7.81. The SMILES string of the molecule is C[C@]12CC=CC[C@H]1CC[C@H]1[C@@H]2CC[C@]2(C)C(CCc3ccccc3)=CC[C@@H]12. The Morgan fingerprint density at radius 3 is 2.59 bits per heavy atom. The minimum Gasteiger partial charge on any atom is -0.0882 e. The van der Waals surface area contributed by atoms with Gasteiger partial charge in [-0.1, -0.05) is 68.0 Å². The topological polar surface area (TPSA) is 0 Å². The summed E-state index contributed by atoms with van der Waals surface area (Å²) >= 11 is 0. The summed E-state index contributed by atoms with van der Waals surface area (Å²) in [6.45, 7) is 5.28. The molecule has 0 aromatic heterocycles. The summed E-state index contributed by atoms with van der Waals surface area (Å²) < 4.78 is 0. The van der Waals surface area contributed by atoms with Crippen molar-refractivity contribution in [3.63, 3.8) is 0 Å². The predicted molar refractivity (Wildman–Crippen MR) is 114 cm³/mol. The lowest BCUT2D eigenvalue weighted by Crippen LogP contribution is -2.51. The second-order valence-electron chi connectivity index (χ2n) is 10.5. The van der Waals surface area contributed by atoms with Gasteiger partial charge in [0.2, 0.25) is 0 Å². The lowest BCUT2D eigenvalue weighted by molar-refractivity contribution is -0.0827. The molecule has 0 unspecified atom stereocenters. The maximum absolute atomic E-state index is 2.67. The quantitative estimate of drug-likeness (QED) is 0.494. The van der Waals surface area contributed by atoms with Gasteiger partial charge in [0.1, 0.15) is 0 Å². The van der Waals surface area contributed by atoms with E-state index in [4.69, 9.17) is 0 Å². The van der Waals surface area contributed by atoms with Gasteiger partial charge in [0.15, 0.2) is 0 Å². The molecule has 0 aliphatic heterocycles. The van der Waals surface area contributed by atoms with E-state index < -0.39 is 0 Å². The van der Waals surface area contributed by atoms with Crippen LogP contribution in [0.2, 0.25) is 0 Å². The predicted octanol–water partition coefficient (Wildman–Crippen LogP) is 7.36.